The lowest BCUT2D eigenvalue weighted by molar-refractivity contribution is -0.224. The van der Waals surface area contributed by atoms with E-state index >= 15 is 0 Å². The fourth-order valence-corrected chi connectivity index (χ4v) is 5.22. The summed E-state index contributed by atoms with van der Waals surface area (Å²) in [6, 6.07) is 9.54. The number of benzene rings is 1. The molecule has 2 N–H and O–H groups in total. The third-order valence-corrected chi connectivity index (χ3v) is 6.94. The summed E-state index contributed by atoms with van der Waals surface area (Å²) < 4.78 is 30.4. The Morgan fingerprint density at radius 1 is 1.33 bits per heavy atom. The minimum Gasteiger partial charge on any atom is -0.368 e. The number of aliphatic imine (C=N–C) groups is 1. The van der Waals surface area contributed by atoms with Gasteiger partial charge in [0.25, 0.3) is 0 Å². The molecule has 1 heterocycles. The first-order valence-corrected chi connectivity index (χ1v) is 11.1. The number of ether oxygens (including phenoxy) is 1. The van der Waals surface area contributed by atoms with Crippen LogP contribution < -0.4 is 5.73 Å². The number of allylic oxidation sites excluding steroid dienone is 3. The van der Waals surface area contributed by atoms with E-state index in [1.54, 1.807) is 13.1 Å². The van der Waals surface area contributed by atoms with Crippen LogP contribution in [0, 0.1) is 16.7 Å². The van der Waals surface area contributed by atoms with Gasteiger partial charge in [0.1, 0.15) is 0 Å². The molecular formula is C25H28F2N4O2. The Labute approximate surface area is 192 Å². The molecule has 3 aliphatic rings. The fraction of sp³-hybridized carbons (Fsp3) is 0.440. The molecule has 0 amide bonds. The van der Waals surface area contributed by atoms with Crippen LogP contribution in [0.15, 0.2) is 59.6 Å². The molecule has 0 bridgehead atoms. The maximum atomic E-state index is 12.8. The Bertz CT molecular complexity index is 1050. The van der Waals surface area contributed by atoms with Gasteiger partial charge in [-0.1, -0.05) is 30.9 Å². The van der Waals surface area contributed by atoms with Gasteiger partial charge in [-0.2, -0.15) is 14.0 Å². The van der Waals surface area contributed by atoms with Gasteiger partial charge in [-0.05, 0) is 67.9 Å². The van der Waals surface area contributed by atoms with E-state index in [1.807, 2.05) is 30.4 Å². The van der Waals surface area contributed by atoms with Crippen molar-refractivity contribution < 1.29 is 18.4 Å². The van der Waals surface area contributed by atoms with Gasteiger partial charge in [0.05, 0.1) is 17.7 Å². The third kappa shape index (κ3) is 4.31. The summed E-state index contributed by atoms with van der Waals surface area (Å²) >= 11 is 0. The van der Waals surface area contributed by atoms with Crippen LogP contribution in [0.5, 0.6) is 0 Å². The van der Waals surface area contributed by atoms with Crippen LogP contribution in [-0.4, -0.2) is 36.5 Å². The molecular weight excluding hydrogens is 426 g/mol. The van der Waals surface area contributed by atoms with E-state index < -0.39 is 23.9 Å². The summed E-state index contributed by atoms with van der Waals surface area (Å²) in [5.74, 6) is 0.245. The molecule has 0 aromatic heterocycles. The number of fused-ring (bicyclic) bond motifs is 1. The molecule has 1 aliphatic heterocycles. The molecule has 2 aliphatic carbocycles. The molecule has 33 heavy (non-hydrogen) atoms. The Hall–Kier alpha value is -3.02. The third-order valence-electron chi connectivity index (χ3n) is 6.94. The minimum atomic E-state index is -2.78. The van der Waals surface area contributed by atoms with Crippen molar-refractivity contribution in [3.05, 3.63) is 65.8 Å². The van der Waals surface area contributed by atoms with Gasteiger partial charge in [0, 0.05) is 18.0 Å². The average Bonchev–Trinajstić information content (AvgIpc) is 3.13. The highest BCUT2D eigenvalue weighted by Crippen LogP contribution is 2.56. The molecule has 1 saturated carbocycles. The molecule has 8 heteroatoms. The van der Waals surface area contributed by atoms with Crippen molar-refractivity contribution in [2.24, 2.45) is 16.1 Å². The number of guanidine groups is 1. The predicted octanol–water partition coefficient (Wildman–Crippen LogP) is 4.90. The molecule has 1 unspecified atom stereocenters. The number of rotatable bonds is 3. The average molecular weight is 455 g/mol. The molecule has 1 fully saturated rings. The zero-order valence-electron chi connectivity index (χ0n) is 18.6. The van der Waals surface area contributed by atoms with E-state index in [9.17, 15) is 14.0 Å². The number of hydroxylamine groups is 2. The number of hydrogen-bond acceptors (Lipinski definition) is 6. The lowest BCUT2D eigenvalue weighted by Gasteiger charge is -2.49. The molecule has 0 saturated heterocycles. The first-order chi connectivity index (χ1) is 15.8. The largest absolute Gasteiger partial charge is 0.368 e. The summed E-state index contributed by atoms with van der Waals surface area (Å²) in [4.78, 5) is 11.1. The standard InChI is InChI=1S/C25H28F2N4O2/c1-17-14-19(20-8-5-6-18(15-20)16-28)7-3-4-11-24(25(17)30-23(29)31(2)33-25)12-9-21(10-13-24)32-22(26)27/h3,5-8,14-15,21-22H,1,4,9-13H2,2H3,(H2,29,30)/b7-3-,19-14+. The Morgan fingerprint density at radius 3 is 2.73 bits per heavy atom. The quantitative estimate of drug-likeness (QED) is 0.702. The zero-order chi connectivity index (χ0) is 23.6. The second-order valence-electron chi connectivity index (χ2n) is 8.84. The summed E-state index contributed by atoms with van der Waals surface area (Å²) in [6.07, 6.45) is 9.16. The highest BCUT2D eigenvalue weighted by atomic mass is 19.3. The Balaban J connectivity index is 1.75. The van der Waals surface area contributed by atoms with Crippen LogP contribution in [-0.2, 0) is 9.57 Å². The van der Waals surface area contributed by atoms with Crippen molar-refractivity contribution in [3.63, 3.8) is 0 Å². The molecule has 4 rings (SSSR count). The zero-order valence-corrected chi connectivity index (χ0v) is 18.6. The second-order valence-corrected chi connectivity index (χ2v) is 8.84. The number of hydrogen-bond donors (Lipinski definition) is 1. The van der Waals surface area contributed by atoms with Crippen molar-refractivity contribution in [2.45, 2.75) is 57.0 Å². The first kappa shape index (κ1) is 23.1. The molecule has 1 aromatic rings. The van der Waals surface area contributed by atoms with E-state index in [2.05, 4.69) is 18.7 Å². The van der Waals surface area contributed by atoms with Crippen molar-refractivity contribution in [3.8, 4) is 6.07 Å². The minimum absolute atomic E-state index is 0.245. The van der Waals surface area contributed by atoms with Crippen LogP contribution in [0.2, 0.25) is 0 Å². The van der Waals surface area contributed by atoms with E-state index in [0.717, 1.165) is 24.0 Å². The maximum absolute atomic E-state index is 12.8. The van der Waals surface area contributed by atoms with Crippen LogP contribution in [0.1, 0.15) is 49.7 Å². The van der Waals surface area contributed by atoms with Gasteiger partial charge in [0.15, 0.2) is 0 Å². The van der Waals surface area contributed by atoms with E-state index in [1.165, 1.54) is 5.06 Å². The fourth-order valence-electron chi connectivity index (χ4n) is 5.22. The highest BCUT2D eigenvalue weighted by Gasteiger charge is 2.59. The van der Waals surface area contributed by atoms with Crippen LogP contribution in [0.4, 0.5) is 8.78 Å². The molecule has 6 nitrogen and oxygen atoms in total. The van der Waals surface area contributed by atoms with Gasteiger partial charge >= 0.3 is 6.61 Å². The predicted molar refractivity (Wildman–Crippen MR) is 122 cm³/mol. The summed E-state index contributed by atoms with van der Waals surface area (Å²) in [7, 11) is 1.70. The Morgan fingerprint density at radius 2 is 2.09 bits per heavy atom. The molecule has 1 atom stereocenters. The van der Waals surface area contributed by atoms with Crippen molar-refractivity contribution in [1.29, 1.82) is 5.26 Å². The number of halogens is 2. The number of alkyl halides is 2. The second kappa shape index (κ2) is 9.08. The normalized spacial score (nSPS) is 32.6. The number of nitrogens with zero attached hydrogens (tertiary/aromatic N) is 3. The van der Waals surface area contributed by atoms with Gasteiger partial charge in [-0.3, -0.25) is 0 Å². The van der Waals surface area contributed by atoms with Gasteiger partial charge in [-0.15, -0.1) is 0 Å². The van der Waals surface area contributed by atoms with E-state index in [0.29, 0.717) is 36.8 Å². The van der Waals surface area contributed by atoms with Crippen molar-refractivity contribution in [2.75, 3.05) is 7.05 Å². The van der Waals surface area contributed by atoms with Crippen molar-refractivity contribution in [1.82, 2.24) is 5.06 Å². The maximum Gasteiger partial charge on any atom is 0.345 e. The lowest BCUT2D eigenvalue weighted by atomic mass is 9.62. The first-order valence-electron chi connectivity index (χ1n) is 11.1. The van der Waals surface area contributed by atoms with Gasteiger partial charge in [-0.25, -0.2) is 14.9 Å². The lowest BCUT2D eigenvalue weighted by Crippen LogP contribution is -2.52. The van der Waals surface area contributed by atoms with Crippen molar-refractivity contribution >= 4 is 11.5 Å². The van der Waals surface area contributed by atoms with Gasteiger partial charge < -0.3 is 10.5 Å². The molecule has 2 spiro atoms. The molecule has 0 radical (unpaired) electrons. The number of nitriles is 1. The number of nitrogens with two attached hydrogens (primary N) is 1. The summed E-state index contributed by atoms with van der Waals surface area (Å²) in [5.41, 5.74) is 7.49. The molecule has 1 aromatic carbocycles. The summed E-state index contributed by atoms with van der Waals surface area (Å²) in [5, 5.41) is 10.8. The van der Waals surface area contributed by atoms with Gasteiger partial charge in [0.2, 0.25) is 11.7 Å². The van der Waals surface area contributed by atoms with E-state index in [4.69, 9.17) is 20.3 Å². The Kier molecular flexibility index (Phi) is 6.37. The van der Waals surface area contributed by atoms with Crippen LogP contribution in [0.25, 0.3) is 5.57 Å². The van der Waals surface area contributed by atoms with E-state index in [-0.39, 0.29) is 5.96 Å². The molecule has 174 valence electrons. The summed E-state index contributed by atoms with van der Waals surface area (Å²) in [6.45, 7) is 1.57. The van der Waals surface area contributed by atoms with Crippen LogP contribution in [0.3, 0.4) is 0 Å². The SMILES string of the molecule is C=C1/C=C(c2cccc(C#N)c2)\C=C/CCC2(CCC(OC(F)F)CC2)C12N=C(N)N(C)O2. The highest BCUT2D eigenvalue weighted by molar-refractivity contribution is 5.81. The van der Waals surface area contributed by atoms with Crippen LogP contribution >= 0.6 is 0 Å². The topological polar surface area (TPSA) is 83.9 Å². The monoisotopic (exact) mass is 454 g/mol. The smallest absolute Gasteiger partial charge is 0.345 e.